The number of aryl methyl sites for hydroxylation is 1. The molecule has 0 saturated heterocycles. The zero-order valence-electron chi connectivity index (χ0n) is 20.2. The molecule has 5 heteroatoms. The van der Waals surface area contributed by atoms with Gasteiger partial charge in [0, 0.05) is 11.4 Å². The van der Waals surface area contributed by atoms with Gasteiger partial charge in [0.2, 0.25) is 0 Å². The van der Waals surface area contributed by atoms with E-state index in [1.807, 2.05) is 45.0 Å². The van der Waals surface area contributed by atoms with Crippen molar-refractivity contribution in [2.75, 3.05) is 0 Å². The summed E-state index contributed by atoms with van der Waals surface area (Å²) in [6, 6.07) is 8.06. The minimum Gasteiger partial charge on any atom is -0.459 e. The van der Waals surface area contributed by atoms with E-state index in [4.69, 9.17) is 9.47 Å². The summed E-state index contributed by atoms with van der Waals surface area (Å²) >= 11 is 0. The maximum atomic E-state index is 13.5. The highest BCUT2D eigenvalue weighted by molar-refractivity contribution is 6.00. The highest BCUT2D eigenvalue weighted by atomic mass is 16.5. The lowest BCUT2D eigenvalue weighted by Crippen LogP contribution is -2.35. The van der Waals surface area contributed by atoms with Crippen LogP contribution in [0.25, 0.3) is 0 Å². The Labute approximate surface area is 197 Å². The molecule has 1 aliphatic heterocycles. The van der Waals surface area contributed by atoms with E-state index in [-0.39, 0.29) is 24.1 Å². The molecule has 178 valence electrons. The first-order valence-corrected chi connectivity index (χ1v) is 12.6. The first-order valence-electron chi connectivity index (χ1n) is 12.6. The first kappa shape index (κ1) is 23.6. The maximum absolute atomic E-state index is 13.5. The second kappa shape index (κ2) is 10.6. The Bertz CT molecular complexity index is 877. The van der Waals surface area contributed by atoms with Crippen LogP contribution < -0.4 is 5.32 Å². The number of carbonyl (C=O) groups excluding carboxylic acids is 2. The van der Waals surface area contributed by atoms with Crippen molar-refractivity contribution in [3.63, 3.8) is 0 Å². The number of dihydropyridines is 1. The fourth-order valence-electron chi connectivity index (χ4n) is 5.42. The fraction of sp³-hybridized carbons (Fsp3) is 0.571. The van der Waals surface area contributed by atoms with E-state index < -0.39 is 5.92 Å². The minimum atomic E-state index is -0.501. The molecule has 0 radical (unpaired) electrons. The average molecular weight is 452 g/mol. The summed E-state index contributed by atoms with van der Waals surface area (Å²) in [5.41, 5.74) is 4.57. The molecule has 0 aromatic heterocycles. The van der Waals surface area contributed by atoms with Gasteiger partial charge in [-0.3, -0.25) is 0 Å². The van der Waals surface area contributed by atoms with E-state index in [2.05, 4.69) is 5.32 Å². The van der Waals surface area contributed by atoms with E-state index in [1.165, 1.54) is 12.8 Å². The number of hydrogen-bond donors (Lipinski definition) is 1. The molecule has 0 spiro atoms. The van der Waals surface area contributed by atoms with Crippen LogP contribution in [0.15, 0.2) is 46.8 Å². The van der Waals surface area contributed by atoms with Gasteiger partial charge in [0.25, 0.3) is 0 Å². The van der Waals surface area contributed by atoms with Crippen LogP contribution in [-0.4, -0.2) is 24.1 Å². The van der Waals surface area contributed by atoms with Crippen LogP contribution in [0.5, 0.6) is 0 Å². The van der Waals surface area contributed by atoms with Crippen molar-refractivity contribution in [2.24, 2.45) is 0 Å². The number of nitrogens with one attached hydrogen (secondary N) is 1. The predicted molar refractivity (Wildman–Crippen MR) is 128 cm³/mol. The molecule has 2 aliphatic carbocycles. The lowest BCUT2D eigenvalue weighted by Gasteiger charge is -2.33. The topological polar surface area (TPSA) is 64.6 Å². The number of allylic oxidation sites excluding steroid dienone is 2. The lowest BCUT2D eigenvalue weighted by molar-refractivity contribution is -0.146. The van der Waals surface area contributed by atoms with Crippen molar-refractivity contribution in [3.05, 3.63) is 57.9 Å². The van der Waals surface area contributed by atoms with E-state index in [0.717, 1.165) is 73.9 Å². The molecule has 5 nitrogen and oxygen atoms in total. The Morgan fingerprint density at radius 3 is 1.55 bits per heavy atom. The summed E-state index contributed by atoms with van der Waals surface area (Å²) in [6.07, 6.45) is 10.3. The van der Waals surface area contributed by atoms with Crippen molar-refractivity contribution in [3.8, 4) is 0 Å². The molecule has 0 atom stereocenters. The highest BCUT2D eigenvalue weighted by Crippen LogP contribution is 2.40. The van der Waals surface area contributed by atoms with Gasteiger partial charge in [-0.25, -0.2) is 9.59 Å². The Morgan fingerprint density at radius 1 is 0.697 bits per heavy atom. The average Bonchev–Trinajstić information content (AvgIpc) is 2.80. The molecule has 33 heavy (non-hydrogen) atoms. The maximum Gasteiger partial charge on any atom is 0.337 e. The van der Waals surface area contributed by atoms with Gasteiger partial charge in [0.15, 0.2) is 0 Å². The summed E-state index contributed by atoms with van der Waals surface area (Å²) in [4.78, 5) is 27.0. The molecule has 3 aliphatic rings. The molecular weight excluding hydrogens is 414 g/mol. The Morgan fingerprint density at radius 2 is 1.12 bits per heavy atom. The SMILES string of the molecule is CC1=C(C(=O)OC2CCCCC2)C(c2ccc(C)cc2)C(C(=O)OC2CCCCC2)=C(C)N1. The van der Waals surface area contributed by atoms with Crippen LogP contribution in [0.4, 0.5) is 0 Å². The molecule has 1 aromatic rings. The molecule has 2 saturated carbocycles. The number of rotatable bonds is 5. The van der Waals surface area contributed by atoms with E-state index in [9.17, 15) is 9.59 Å². The van der Waals surface area contributed by atoms with Gasteiger partial charge in [-0.05, 0) is 77.7 Å². The number of ether oxygens (including phenoxy) is 2. The fourth-order valence-corrected chi connectivity index (χ4v) is 5.42. The molecule has 0 bridgehead atoms. The van der Waals surface area contributed by atoms with Crippen LogP contribution in [-0.2, 0) is 19.1 Å². The van der Waals surface area contributed by atoms with Crippen LogP contribution in [0, 0.1) is 6.92 Å². The van der Waals surface area contributed by atoms with E-state index in [0.29, 0.717) is 11.1 Å². The van der Waals surface area contributed by atoms with Crippen molar-refractivity contribution in [1.29, 1.82) is 0 Å². The minimum absolute atomic E-state index is 0.0464. The van der Waals surface area contributed by atoms with Crippen LogP contribution in [0.3, 0.4) is 0 Å². The third-order valence-corrected chi connectivity index (χ3v) is 7.26. The van der Waals surface area contributed by atoms with Gasteiger partial charge in [-0.2, -0.15) is 0 Å². The van der Waals surface area contributed by atoms with Gasteiger partial charge in [-0.15, -0.1) is 0 Å². The molecule has 1 N–H and O–H groups in total. The standard InChI is InChI=1S/C28H37NO4/c1-18-14-16-21(17-15-18)26-24(27(30)32-22-10-6-4-7-11-22)19(2)29-20(3)25(26)28(31)33-23-12-8-5-9-13-23/h14-17,22-23,26,29H,4-13H2,1-3H3. The molecule has 1 heterocycles. The number of benzene rings is 1. The van der Waals surface area contributed by atoms with Gasteiger partial charge in [0.05, 0.1) is 17.1 Å². The van der Waals surface area contributed by atoms with Gasteiger partial charge in [-0.1, -0.05) is 42.7 Å². The Kier molecular flexibility index (Phi) is 7.56. The molecule has 4 rings (SSSR count). The summed E-state index contributed by atoms with van der Waals surface area (Å²) in [5, 5.41) is 3.28. The van der Waals surface area contributed by atoms with Gasteiger partial charge >= 0.3 is 11.9 Å². The Hall–Kier alpha value is -2.56. The quantitative estimate of drug-likeness (QED) is 0.558. The summed E-state index contributed by atoms with van der Waals surface area (Å²) in [5.74, 6) is -1.15. The van der Waals surface area contributed by atoms with Gasteiger partial charge < -0.3 is 14.8 Å². The third-order valence-electron chi connectivity index (χ3n) is 7.26. The van der Waals surface area contributed by atoms with Crippen molar-refractivity contribution in [1.82, 2.24) is 5.32 Å². The number of carbonyl (C=O) groups is 2. The second-order valence-electron chi connectivity index (χ2n) is 9.88. The second-order valence-corrected chi connectivity index (χ2v) is 9.88. The zero-order chi connectivity index (χ0) is 23.4. The van der Waals surface area contributed by atoms with Crippen LogP contribution in [0.2, 0.25) is 0 Å². The molecule has 0 unspecified atom stereocenters. The van der Waals surface area contributed by atoms with E-state index >= 15 is 0 Å². The highest BCUT2D eigenvalue weighted by Gasteiger charge is 2.39. The smallest absolute Gasteiger partial charge is 0.337 e. The van der Waals surface area contributed by atoms with E-state index in [1.54, 1.807) is 0 Å². The van der Waals surface area contributed by atoms with Crippen molar-refractivity contribution < 1.29 is 19.1 Å². The summed E-state index contributed by atoms with van der Waals surface area (Å²) < 4.78 is 12.0. The van der Waals surface area contributed by atoms with Crippen molar-refractivity contribution in [2.45, 2.75) is 103 Å². The molecule has 0 amide bonds. The molecule has 2 fully saturated rings. The number of esters is 2. The predicted octanol–water partition coefficient (Wildman–Crippen LogP) is 5.98. The first-order chi connectivity index (χ1) is 15.9. The largest absolute Gasteiger partial charge is 0.459 e. The number of hydrogen-bond acceptors (Lipinski definition) is 5. The summed E-state index contributed by atoms with van der Waals surface area (Å²) in [6.45, 7) is 5.82. The van der Waals surface area contributed by atoms with Gasteiger partial charge in [0.1, 0.15) is 12.2 Å². The lowest BCUT2D eigenvalue weighted by atomic mass is 9.80. The van der Waals surface area contributed by atoms with Crippen molar-refractivity contribution >= 4 is 11.9 Å². The monoisotopic (exact) mass is 451 g/mol. The Balaban J connectivity index is 1.66. The van der Waals surface area contributed by atoms with Crippen LogP contribution in [0.1, 0.15) is 95.1 Å². The molecule has 1 aromatic carbocycles. The third kappa shape index (κ3) is 5.51. The van der Waals surface area contributed by atoms with Crippen LogP contribution >= 0.6 is 0 Å². The summed E-state index contributed by atoms with van der Waals surface area (Å²) in [7, 11) is 0. The molecular formula is C28H37NO4. The zero-order valence-corrected chi connectivity index (χ0v) is 20.2. The normalized spacial score (nSPS) is 21.1.